The molecule has 0 atom stereocenters. The normalized spacial score (nSPS) is 10.4. The smallest absolute Gasteiger partial charge is 0.339 e. The van der Waals surface area contributed by atoms with Crippen molar-refractivity contribution in [3.05, 3.63) is 65.3 Å². The topological polar surface area (TPSA) is 77.5 Å². The maximum Gasteiger partial charge on any atom is 0.339 e. The number of pyridine rings is 1. The highest BCUT2D eigenvalue weighted by molar-refractivity contribution is 6.30. The van der Waals surface area contributed by atoms with Crippen LogP contribution in [0.3, 0.4) is 0 Å². The molecule has 1 heterocycles. The van der Waals surface area contributed by atoms with Gasteiger partial charge in [-0.05, 0) is 31.2 Å². The highest BCUT2D eigenvalue weighted by atomic mass is 35.5. The van der Waals surface area contributed by atoms with E-state index in [0.717, 1.165) is 0 Å². The molecule has 0 fully saturated rings. The minimum absolute atomic E-state index is 0.177. The van der Waals surface area contributed by atoms with Gasteiger partial charge in [0.2, 0.25) is 0 Å². The van der Waals surface area contributed by atoms with Crippen molar-refractivity contribution in [2.75, 3.05) is 18.5 Å². The molecule has 0 unspecified atom stereocenters. The van der Waals surface area contributed by atoms with Gasteiger partial charge in [-0.2, -0.15) is 0 Å². The van der Waals surface area contributed by atoms with E-state index in [1.165, 1.54) is 6.07 Å². The summed E-state index contributed by atoms with van der Waals surface area (Å²) in [4.78, 5) is 28.7. The third kappa shape index (κ3) is 4.54. The number of benzene rings is 2. The van der Waals surface area contributed by atoms with Crippen molar-refractivity contribution >= 4 is 40.1 Å². The predicted octanol–water partition coefficient (Wildman–Crippen LogP) is 4.08. The Hall–Kier alpha value is -3.12. The lowest BCUT2D eigenvalue weighted by Crippen LogP contribution is -2.21. The van der Waals surface area contributed by atoms with E-state index in [9.17, 15) is 9.59 Å². The molecule has 1 N–H and O–H groups in total. The molecular weight excluding hydrogens is 368 g/mol. The van der Waals surface area contributed by atoms with E-state index < -0.39 is 18.5 Å². The van der Waals surface area contributed by atoms with E-state index in [0.29, 0.717) is 28.9 Å². The first kappa shape index (κ1) is 18.7. The van der Waals surface area contributed by atoms with E-state index in [2.05, 4.69) is 10.3 Å². The summed E-state index contributed by atoms with van der Waals surface area (Å²) in [6.45, 7) is 1.88. The first-order valence-electron chi connectivity index (χ1n) is 8.32. The zero-order valence-electron chi connectivity index (χ0n) is 14.6. The lowest BCUT2D eigenvalue weighted by Gasteiger charge is -2.12. The van der Waals surface area contributed by atoms with Crippen molar-refractivity contribution in [1.29, 1.82) is 0 Å². The van der Waals surface area contributed by atoms with Crippen LogP contribution in [0.15, 0.2) is 54.6 Å². The number of carbonyl (C=O) groups is 2. The summed E-state index contributed by atoms with van der Waals surface area (Å²) in [6, 6.07) is 15.5. The summed E-state index contributed by atoms with van der Waals surface area (Å²) in [5, 5.41) is 3.45. The van der Waals surface area contributed by atoms with Crippen molar-refractivity contribution in [2.24, 2.45) is 0 Å². The number of fused-ring (bicyclic) bond motifs is 1. The summed E-state index contributed by atoms with van der Waals surface area (Å²) in [5.41, 5.74) is 1.35. The molecule has 0 aliphatic rings. The fourth-order valence-corrected chi connectivity index (χ4v) is 2.76. The second-order valence-electron chi connectivity index (χ2n) is 5.56. The maximum absolute atomic E-state index is 12.4. The number of anilines is 1. The zero-order chi connectivity index (χ0) is 19.2. The summed E-state index contributed by atoms with van der Waals surface area (Å²) in [7, 11) is 0. The zero-order valence-corrected chi connectivity index (χ0v) is 15.3. The monoisotopic (exact) mass is 384 g/mol. The van der Waals surface area contributed by atoms with Gasteiger partial charge >= 0.3 is 5.97 Å². The lowest BCUT2D eigenvalue weighted by molar-refractivity contribution is -0.119. The van der Waals surface area contributed by atoms with E-state index in [-0.39, 0.29) is 10.7 Å². The first-order valence-corrected chi connectivity index (χ1v) is 8.70. The van der Waals surface area contributed by atoms with Gasteiger partial charge in [0, 0.05) is 5.39 Å². The number of ether oxygens (including phenoxy) is 2. The Bertz CT molecular complexity index is 991. The Morgan fingerprint density at radius 1 is 1.11 bits per heavy atom. The van der Waals surface area contributed by atoms with E-state index in [4.69, 9.17) is 21.1 Å². The van der Waals surface area contributed by atoms with Crippen LogP contribution >= 0.6 is 11.6 Å². The Labute approximate surface area is 161 Å². The van der Waals surface area contributed by atoms with Gasteiger partial charge in [0.05, 0.1) is 23.4 Å². The number of esters is 1. The molecule has 3 aromatic rings. The number of nitrogens with zero attached hydrogens (tertiary/aromatic N) is 1. The van der Waals surface area contributed by atoms with Crippen LogP contribution in [0.1, 0.15) is 17.3 Å². The molecule has 3 rings (SSSR count). The van der Waals surface area contributed by atoms with Crippen molar-refractivity contribution in [3.8, 4) is 5.75 Å². The Morgan fingerprint density at radius 2 is 1.85 bits per heavy atom. The Balaban J connectivity index is 1.69. The average Bonchev–Trinajstić information content (AvgIpc) is 2.67. The summed E-state index contributed by atoms with van der Waals surface area (Å²) in [6.07, 6.45) is 0. The molecule has 1 amide bonds. The van der Waals surface area contributed by atoms with Gasteiger partial charge in [0.25, 0.3) is 5.91 Å². The SMILES string of the molecule is CCOc1ccccc1NC(=O)COC(=O)c1cc(Cl)nc2ccccc12. The van der Waals surface area contributed by atoms with Crippen LogP contribution in [0.4, 0.5) is 5.69 Å². The van der Waals surface area contributed by atoms with E-state index in [1.54, 1.807) is 48.5 Å². The standard InChI is InChI=1S/C20H17ClN2O4/c1-2-26-17-10-6-5-9-16(17)23-19(24)12-27-20(25)14-11-18(21)22-15-8-4-3-7-13(14)15/h3-11H,2,12H2,1H3,(H,23,24). The number of nitrogens with one attached hydrogen (secondary N) is 1. The molecule has 2 aromatic carbocycles. The number of halogens is 1. The Morgan fingerprint density at radius 3 is 2.67 bits per heavy atom. The molecular formula is C20H17ClN2O4. The minimum Gasteiger partial charge on any atom is -0.492 e. The predicted molar refractivity (Wildman–Crippen MR) is 103 cm³/mol. The number of rotatable bonds is 6. The molecule has 0 aliphatic heterocycles. The number of hydrogen-bond acceptors (Lipinski definition) is 5. The molecule has 0 saturated carbocycles. The fraction of sp³-hybridized carbons (Fsp3) is 0.150. The number of carbonyl (C=O) groups excluding carboxylic acids is 2. The highest BCUT2D eigenvalue weighted by Crippen LogP contribution is 2.24. The van der Waals surface area contributed by atoms with Crippen LogP contribution in [0.2, 0.25) is 5.15 Å². The van der Waals surface area contributed by atoms with Crippen molar-refractivity contribution < 1.29 is 19.1 Å². The van der Waals surface area contributed by atoms with Crippen molar-refractivity contribution in [1.82, 2.24) is 4.98 Å². The third-order valence-corrected chi connectivity index (χ3v) is 3.89. The third-order valence-electron chi connectivity index (χ3n) is 3.70. The summed E-state index contributed by atoms with van der Waals surface area (Å²) >= 11 is 5.97. The second kappa shape index (κ2) is 8.51. The number of hydrogen-bond donors (Lipinski definition) is 1. The van der Waals surface area contributed by atoms with Crippen LogP contribution in [0.5, 0.6) is 5.75 Å². The van der Waals surface area contributed by atoms with Gasteiger partial charge in [0.15, 0.2) is 6.61 Å². The van der Waals surface area contributed by atoms with Gasteiger partial charge in [-0.25, -0.2) is 9.78 Å². The molecule has 0 spiro atoms. The second-order valence-corrected chi connectivity index (χ2v) is 5.95. The largest absolute Gasteiger partial charge is 0.492 e. The number of aromatic nitrogens is 1. The molecule has 6 nitrogen and oxygen atoms in total. The molecule has 27 heavy (non-hydrogen) atoms. The van der Waals surface area contributed by atoms with Crippen LogP contribution in [0, 0.1) is 0 Å². The summed E-state index contributed by atoms with van der Waals surface area (Å²) in [5.74, 6) is -0.574. The number of para-hydroxylation sites is 3. The molecule has 0 aliphatic carbocycles. The summed E-state index contributed by atoms with van der Waals surface area (Å²) < 4.78 is 10.6. The highest BCUT2D eigenvalue weighted by Gasteiger charge is 2.16. The maximum atomic E-state index is 12.4. The molecule has 0 radical (unpaired) electrons. The van der Waals surface area contributed by atoms with Gasteiger partial charge < -0.3 is 14.8 Å². The van der Waals surface area contributed by atoms with E-state index >= 15 is 0 Å². The molecule has 7 heteroatoms. The van der Waals surface area contributed by atoms with Crippen molar-refractivity contribution in [3.63, 3.8) is 0 Å². The van der Waals surface area contributed by atoms with Crippen LogP contribution < -0.4 is 10.1 Å². The van der Waals surface area contributed by atoms with Gasteiger partial charge in [0.1, 0.15) is 10.9 Å². The van der Waals surface area contributed by atoms with Gasteiger partial charge in [-0.15, -0.1) is 0 Å². The van der Waals surface area contributed by atoms with Gasteiger partial charge in [-0.3, -0.25) is 4.79 Å². The van der Waals surface area contributed by atoms with Crippen LogP contribution in [-0.4, -0.2) is 30.1 Å². The number of amides is 1. The lowest BCUT2D eigenvalue weighted by atomic mass is 10.1. The van der Waals surface area contributed by atoms with Crippen LogP contribution in [-0.2, 0) is 9.53 Å². The molecule has 0 saturated heterocycles. The molecule has 138 valence electrons. The quantitative estimate of drug-likeness (QED) is 0.511. The Kier molecular flexibility index (Phi) is 5.88. The van der Waals surface area contributed by atoms with Crippen molar-refractivity contribution in [2.45, 2.75) is 6.92 Å². The van der Waals surface area contributed by atoms with E-state index in [1.807, 2.05) is 6.92 Å². The first-order chi connectivity index (χ1) is 13.1. The molecule has 1 aromatic heterocycles. The van der Waals surface area contributed by atoms with Gasteiger partial charge in [-0.1, -0.05) is 41.9 Å². The van der Waals surface area contributed by atoms with Crippen LogP contribution in [0.25, 0.3) is 10.9 Å². The minimum atomic E-state index is -0.649. The average molecular weight is 385 g/mol. The fourth-order valence-electron chi connectivity index (χ4n) is 2.56. The molecule has 0 bridgehead atoms.